The van der Waals surface area contributed by atoms with Crippen molar-refractivity contribution in [3.05, 3.63) is 94.8 Å². The number of phenols is 2. The summed E-state index contributed by atoms with van der Waals surface area (Å²) in [6.07, 6.45) is 3.31. The van der Waals surface area contributed by atoms with Crippen molar-refractivity contribution in [2.24, 2.45) is 17.8 Å². The molecular formula is C34H39FN2O6S. The first-order chi connectivity index (χ1) is 21.0. The van der Waals surface area contributed by atoms with Gasteiger partial charge in [0.1, 0.15) is 17.3 Å². The zero-order chi connectivity index (χ0) is 31.4. The number of piperidine rings is 2. The van der Waals surface area contributed by atoms with Gasteiger partial charge in [-0.25, -0.2) is 17.1 Å². The van der Waals surface area contributed by atoms with Crippen LogP contribution in [0.4, 0.5) is 4.39 Å². The zero-order valence-corrected chi connectivity index (χ0v) is 25.6. The van der Waals surface area contributed by atoms with Crippen molar-refractivity contribution in [1.82, 2.24) is 9.62 Å². The SMILES string of the molecule is Cc1c(F)cccc1[C@@H]1[C@@H](C(=O)c2cccc(O)c2)CN(S(=O)(=O)CCCC2CCCNC2)C[C@H]1C(=O)c1cccc(O)c1. The number of ketones is 2. The first-order valence-electron chi connectivity index (χ1n) is 15.1. The molecule has 3 aromatic carbocycles. The molecule has 2 saturated heterocycles. The van der Waals surface area contributed by atoms with Gasteiger partial charge in [0, 0.05) is 42.0 Å². The fraction of sp³-hybridized carbons (Fsp3) is 0.412. The topological polar surface area (TPSA) is 124 Å². The van der Waals surface area contributed by atoms with Gasteiger partial charge in [0.05, 0.1) is 5.75 Å². The second-order valence-corrected chi connectivity index (χ2v) is 14.1. The number of carbonyl (C=O) groups is 2. The number of carbonyl (C=O) groups excluding carboxylic acids is 2. The summed E-state index contributed by atoms with van der Waals surface area (Å²) in [5, 5.41) is 23.6. The Labute approximate surface area is 258 Å². The lowest BCUT2D eigenvalue weighted by molar-refractivity contribution is 0.0694. The molecule has 0 radical (unpaired) electrons. The quantitative estimate of drug-likeness (QED) is 0.270. The number of sulfonamides is 1. The number of rotatable bonds is 10. The molecule has 0 aliphatic carbocycles. The number of nitrogens with one attached hydrogen (secondary N) is 1. The zero-order valence-electron chi connectivity index (χ0n) is 24.8. The van der Waals surface area contributed by atoms with Gasteiger partial charge >= 0.3 is 0 Å². The van der Waals surface area contributed by atoms with Crippen LogP contribution in [0.15, 0.2) is 66.7 Å². The van der Waals surface area contributed by atoms with Gasteiger partial charge in [-0.1, -0.05) is 36.4 Å². The van der Waals surface area contributed by atoms with Crippen molar-refractivity contribution >= 4 is 21.6 Å². The minimum absolute atomic E-state index is 0.118. The fourth-order valence-corrected chi connectivity index (χ4v) is 8.32. The summed E-state index contributed by atoms with van der Waals surface area (Å²) in [5.41, 5.74) is 1.06. The van der Waals surface area contributed by atoms with Crippen LogP contribution in [0.2, 0.25) is 0 Å². The van der Waals surface area contributed by atoms with Crippen LogP contribution < -0.4 is 5.32 Å². The van der Waals surface area contributed by atoms with E-state index < -0.39 is 45.2 Å². The highest BCUT2D eigenvalue weighted by Gasteiger charge is 2.48. The summed E-state index contributed by atoms with van der Waals surface area (Å²) in [7, 11) is -3.89. The molecule has 8 nitrogen and oxygen atoms in total. The molecule has 0 aromatic heterocycles. The molecule has 1 unspecified atom stereocenters. The van der Waals surface area contributed by atoms with E-state index in [1.165, 1.54) is 65.0 Å². The average Bonchev–Trinajstić information content (AvgIpc) is 3.01. The number of phenolic OH excluding ortho intramolecular Hbond substituents is 2. The number of aromatic hydroxyl groups is 2. The molecule has 2 aliphatic rings. The third-order valence-electron chi connectivity index (χ3n) is 9.08. The van der Waals surface area contributed by atoms with Crippen LogP contribution in [-0.2, 0) is 10.0 Å². The maximum Gasteiger partial charge on any atom is 0.214 e. The van der Waals surface area contributed by atoms with Crippen LogP contribution in [-0.4, -0.2) is 66.4 Å². The summed E-state index contributed by atoms with van der Waals surface area (Å²) in [5.74, 6) is -4.32. The predicted octanol–water partition coefficient (Wildman–Crippen LogP) is 5.05. The molecule has 0 spiro atoms. The van der Waals surface area contributed by atoms with E-state index in [0.29, 0.717) is 17.9 Å². The van der Waals surface area contributed by atoms with Gasteiger partial charge in [0.15, 0.2) is 11.6 Å². The number of halogens is 1. The Bertz CT molecular complexity index is 1550. The molecule has 4 atom stereocenters. The summed E-state index contributed by atoms with van der Waals surface area (Å²) in [6, 6.07) is 16.1. The molecule has 10 heteroatoms. The van der Waals surface area contributed by atoms with Crippen LogP contribution in [0.3, 0.4) is 0 Å². The normalized spacial score (nSPS) is 22.9. The van der Waals surface area contributed by atoms with E-state index in [1.54, 1.807) is 13.0 Å². The Morgan fingerprint density at radius 1 is 0.932 bits per heavy atom. The standard InChI is InChI=1S/C34H39FN2O6S/c1-22-28(13-4-14-31(22)35)32-29(33(40)24-9-2-11-26(38)17-24)20-37(21-30(32)34(41)25-10-3-12-27(39)18-25)44(42,43)16-6-8-23-7-5-15-36-19-23/h2-4,9-14,17-18,23,29-30,32,36,38-39H,5-8,15-16,19-21H2,1H3/t23?,29-,30+,32+. The maximum atomic E-state index is 15.0. The van der Waals surface area contributed by atoms with E-state index >= 15 is 0 Å². The molecule has 0 amide bonds. The highest BCUT2D eigenvalue weighted by molar-refractivity contribution is 7.89. The molecule has 2 aliphatic heterocycles. The summed E-state index contributed by atoms with van der Waals surface area (Å²) < 4.78 is 43.9. The second-order valence-electron chi connectivity index (χ2n) is 12.0. The Morgan fingerprint density at radius 2 is 1.52 bits per heavy atom. The van der Waals surface area contributed by atoms with Crippen molar-refractivity contribution in [2.45, 2.75) is 38.5 Å². The molecular weight excluding hydrogens is 583 g/mol. The molecule has 2 heterocycles. The number of hydrogen-bond donors (Lipinski definition) is 3. The summed E-state index contributed by atoms with van der Waals surface area (Å²) >= 11 is 0. The van der Waals surface area contributed by atoms with E-state index in [4.69, 9.17) is 0 Å². The molecule has 5 rings (SSSR count). The van der Waals surface area contributed by atoms with E-state index in [-0.39, 0.29) is 47.0 Å². The van der Waals surface area contributed by atoms with Crippen molar-refractivity contribution < 1.29 is 32.6 Å². The first-order valence-corrected chi connectivity index (χ1v) is 16.8. The fourth-order valence-electron chi connectivity index (χ4n) is 6.76. The van der Waals surface area contributed by atoms with Gasteiger partial charge in [0.25, 0.3) is 0 Å². The van der Waals surface area contributed by atoms with E-state index in [1.807, 2.05) is 0 Å². The van der Waals surface area contributed by atoms with Crippen molar-refractivity contribution in [3.8, 4) is 11.5 Å². The van der Waals surface area contributed by atoms with Crippen molar-refractivity contribution in [2.75, 3.05) is 31.9 Å². The van der Waals surface area contributed by atoms with E-state index in [9.17, 15) is 32.6 Å². The van der Waals surface area contributed by atoms with Crippen LogP contribution in [0.25, 0.3) is 0 Å². The molecule has 0 saturated carbocycles. The average molecular weight is 623 g/mol. The van der Waals surface area contributed by atoms with Crippen LogP contribution in [0, 0.1) is 30.5 Å². The lowest BCUT2D eigenvalue weighted by atomic mass is 9.68. The van der Waals surface area contributed by atoms with Gasteiger partial charge in [0.2, 0.25) is 10.0 Å². The third-order valence-corrected chi connectivity index (χ3v) is 11.0. The van der Waals surface area contributed by atoms with Crippen LogP contribution in [0.5, 0.6) is 11.5 Å². The monoisotopic (exact) mass is 622 g/mol. The molecule has 234 valence electrons. The van der Waals surface area contributed by atoms with Crippen LogP contribution >= 0.6 is 0 Å². The Kier molecular flexibility index (Phi) is 9.82. The van der Waals surface area contributed by atoms with E-state index in [0.717, 1.165) is 32.4 Å². The summed E-state index contributed by atoms with van der Waals surface area (Å²) in [4.78, 5) is 28.4. The minimum Gasteiger partial charge on any atom is -0.508 e. The highest BCUT2D eigenvalue weighted by atomic mass is 32.2. The molecule has 0 bridgehead atoms. The van der Waals surface area contributed by atoms with Crippen molar-refractivity contribution in [1.29, 1.82) is 0 Å². The van der Waals surface area contributed by atoms with Gasteiger partial charge in [-0.15, -0.1) is 0 Å². The molecule has 3 aromatic rings. The van der Waals surface area contributed by atoms with Gasteiger partial charge in [-0.2, -0.15) is 0 Å². The van der Waals surface area contributed by atoms with Crippen molar-refractivity contribution in [3.63, 3.8) is 0 Å². The summed E-state index contributed by atoms with van der Waals surface area (Å²) in [6.45, 7) is 3.04. The third kappa shape index (κ3) is 7.03. The lowest BCUT2D eigenvalue weighted by Gasteiger charge is -2.43. The minimum atomic E-state index is -3.89. The Hall–Kier alpha value is -3.60. The molecule has 3 N–H and O–H groups in total. The Morgan fingerprint density at radius 3 is 2.07 bits per heavy atom. The maximum absolute atomic E-state index is 15.0. The number of Topliss-reactive ketones (excluding diaryl/α,β-unsaturated/α-hetero) is 2. The first kappa shape index (κ1) is 31.8. The largest absolute Gasteiger partial charge is 0.508 e. The van der Waals surface area contributed by atoms with Gasteiger partial charge in [-0.05, 0) is 93.1 Å². The predicted molar refractivity (Wildman–Crippen MR) is 166 cm³/mol. The van der Waals surface area contributed by atoms with Gasteiger partial charge < -0.3 is 15.5 Å². The van der Waals surface area contributed by atoms with E-state index in [2.05, 4.69) is 5.32 Å². The second kappa shape index (κ2) is 13.6. The molecule has 44 heavy (non-hydrogen) atoms. The van der Waals surface area contributed by atoms with Crippen LogP contribution in [0.1, 0.15) is 63.4 Å². The number of nitrogens with zero attached hydrogens (tertiary/aromatic N) is 1. The Balaban J connectivity index is 1.56. The van der Waals surface area contributed by atoms with Gasteiger partial charge in [-0.3, -0.25) is 9.59 Å². The molecule has 2 fully saturated rings. The highest BCUT2D eigenvalue weighted by Crippen LogP contribution is 2.43. The number of hydrogen-bond acceptors (Lipinski definition) is 7. The number of benzene rings is 3. The smallest absolute Gasteiger partial charge is 0.214 e. The lowest BCUT2D eigenvalue weighted by Crippen LogP contribution is -2.52.